The minimum atomic E-state index is -1.72. The zero-order valence-corrected chi connectivity index (χ0v) is 16.3. The monoisotopic (exact) mass is 387 g/mol. The summed E-state index contributed by atoms with van der Waals surface area (Å²) in [5.41, 5.74) is 1.18. The van der Waals surface area contributed by atoms with Crippen LogP contribution in [0.4, 0.5) is 10.1 Å². The van der Waals surface area contributed by atoms with Crippen molar-refractivity contribution in [2.45, 2.75) is 57.7 Å². The maximum absolute atomic E-state index is 14.0. The van der Waals surface area contributed by atoms with Crippen molar-refractivity contribution >= 4 is 11.6 Å². The van der Waals surface area contributed by atoms with E-state index < -0.39 is 11.6 Å². The lowest BCUT2D eigenvalue weighted by Gasteiger charge is -2.24. The van der Waals surface area contributed by atoms with E-state index in [1.807, 2.05) is 19.9 Å². The molecule has 1 aromatic heterocycles. The highest BCUT2D eigenvalue weighted by atomic mass is 19.1. The first-order valence-electron chi connectivity index (χ1n) is 9.90. The van der Waals surface area contributed by atoms with Crippen LogP contribution in [0.3, 0.4) is 0 Å². The summed E-state index contributed by atoms with van der Waals surface area (Å²) in [5, 5.41) is 10.2. The number of anilines is 1. The number of halogens is 1. The van der Waals surface area contributed by atoms with E-state index in [9.17, 15) is 9.18 Å². The molecule has 2 fully saturated rings. The Balaban J connectivity index is 1.60. The topological polar surface area (TPSA) is 76.4 Å². The van der Waals surface area contributed by atoms with Crippen molar-refractivity contribution in [3.05, 3.63) is 29.7 Å². The summed E-state index contributed by atoms with van der Waals surface area (Å²) >= 11 is 0. The van der Waals surface area contributed by atoms with E-state index in [-0.39, 0.29) is 12.8 Å². The van der Waals surface area contributed by atoms with Gasteiger partial charge in [0.1, 0.15) is 18.1 Å². The Hall–Kier alpha value is -2.41. The van der Waals surface area contributed by atoms with Crippen molar-refractivity contribution in [3.8, 4) is 16.9 Å². The number of benzene rings is 1. The van der Waals surface area contributed by atoms with Crippen molar-refractivity contribution in [1.82, 2.24) is 10.5 Å². The van der Waals surface area contributed by atoms with Gasteiger partial charge in [0.05, 0.1) is 11.3 Å². The summed E-state index contributed by atoms with van der Waals surface area (Å²) in [7, 11) is 0. The van der Waals surface area contributed by atoms with E-state index in [1.54, 1.807) is 12.1 Å². The van der Waals surface area contributed by atoms with Crippen molar-refractivity contribution in [2.24, 2.45) is 0 Å². The number of carbonyl (C=O) groups excluding carboxylic acids is 1. The Morgan fingerprint density at radius 2 is 2.21 bits per heavy atom. The summed E-state index contributed by atoms with van der Waals surface area (Å²) in [5.74, 6) is 0.782. The second kappa shape index (κ2) is 7.54. The van der Waals surface area contributed by atoms with Crippen LogP contribution in [0.5, 0.6) is 5.75 Å². The minimum Gasteiger partial charge on any atom is -0.491 e. The number of alkyl halides is 1. The fraction of sp³-hybridized carbons (Fsp3) is 0.524. The fourth-order valence-electron chi connectivity index (χ4n) is 3.63. The zero-order valence-electron chi connectivity index (χ0n) is 16.3. The third-order valence-corrected chi connectivity index (χ3v) is 5.49. The first-order valence-corrected chi connectivity index (χ1v) is 9.90. The Labute approximate surface area is 163 Å². The molecule has 0 bridgehead atoms. The lowest BCUT2D eigenvalue weighted by atomic mass is 10.0. The quantitative estimate of drug-likeness (QED) is 0.786. The van der Waals surface area contributed by atoms with Crippen LogP contribution in [-0.2, 0) is 4.79 Å². The number of amides is 1. The van der Waals surface area contributed by atoms with E-state index in [0.29, 0.717) is 29.8 Å². The molecule has 0 radical (unpaired) electrons. The van der Waals surface area contributed by atoms with Crippen LogP contribution >= 0.6 is 0 Å². The molecule has 1 atom stereocenters. The van der Waals surface area contributed by atoms with Gasteiger partial charge in [-0.2, -0.15) is 0 Å². The van der Waals surface area contributed by atoms with Gasteiger partial charge in [-0.3, -0.25) is 4.79 Å². The molecule has 0 spiro atoms. The van der Waals surface area contributed by atoms with Gasteiger partial charge >= 0.3 is 0 Å². The van der Waals surface area contributed by atoms with Gasteiger partial charge in [-0.25, -0.2) is 4.39 Å². The van der Waals surface area contributed by atoms with E-state index in [4.69, 9.17) is 9.26 Å². The normalized spacial score (nSPS) is 20.6. The highest BCUT2D eigenvalue weighted by Crippen LogP contribution is 2.41. The highest BCUT2D eigenvalue weighted by molar-refractivity contribution is 6.00. The van der Waals surface area contributed by atoms with Gasteiger partial charge in [-0.05, 0) is 64.3 Å². The van der Waals surface area contributed by atoms with Crippen LogP contribution in [-0.4, -0.2) is 35.9 Å². The van der Waals surface area contributed by atoms with Crippen molar-refractivity contribution < 1.29 is 18.4 Å². The summed E-state index contributed by atoms with van der Waals surface area (Å²) in [6.07, 6.45) is 4.06. The molecule has 1 aromatic carbocycles. The zero-order chi connectivity index (χ0) is 19.7. The van der Waals surface area contributed by atoms with Gasteiger partial charge in [-0.1, -0.05) is 11.6 Å². The molecule has 2 aliphatic rings. The third kappa shape index (κ3) is 3.90. The second-order valence-corrected chi connectivity index (χ2v) is 7.79. The van der Waals surface area contributed by atoms with Gasteiger partial charge in [-0.15, -0.1) is 0 Å². The molecule has 2 N–H and O–H groups in total. The third-order valence-electron chi connectivity index (χ3n) is 5.49. The Kier molecular flexibility index (Phi) is 5.10. The number of piperidine rings is 1. The van der Waals surface area contributed by atoms with E-state index in [1.165, 1.54) is 12.8 Å². The second-order valence-electron chi connectivity index (χ2n) is 7.79. The van der Waals surface area contributed by atoms with Gasteiger partial charge < -0.3 is 19.9 Å². The molecule has 4 rings (SSSR count). The average molecular weight is 387 g/mol. The molecule has 1 unspecified atom stereocenters. The number of aromatic nitrogens is 1. The number of nitrogens with one attached hydrogen (secondary N) is 2. The van der Waals surface area contributed by atoms with Crippen molar-refractivity contribution in [1.29, 1.82) is 0 Å². The standard InChI is InChI=1S/C21H26FN3O3/c1-13-19(14(2)28-25-13)17-11-15(24-20(26)21(22)8-9-21)6-7-18(17)27-12-16-5-3-4-10-23-16/h6-7,11,16,23H,3-5,8-10,12H2,1-2H3,(H,24,26). The summed E-state index contributed by atoms with van der Waals surface area (Å²) in [6.45, 7) is 5.29. The number of hydrogen-bond donors (Lipinski definition) is 2. The summed E-state index contributed by atoms with van der Waals surface area (Å²) < 4.78 is 25.5. The van der Waals surface area contributed by atoms with Crippen LogP contribution < -0.4 is 15.4 Å². The van der Waals surface area contributed by atoms with Crippen LogP contribution in [0.15, 0.2) is 22.7 Å². The number of hydrogen-bond acceptors (Lipinski definition) is 5. The molecule has 28 heavy (non-hydrogen) atoms. The molecular weight excluding hydrogens is 361 g/mol. The first-order chi connectivity index (χ1) is 13.5. The Morgan fingerprint density at radius 3 is 2.86 bits per heavy atom. The van der Waals surface area contributed by atoms with E-state index >= 15 is 0 Å². The Bertz CT molecular complexity index is 850. The smallest absolute Gasteiger partial charge is 0.262 e. The number of aryl methyl sites for hydroxylation is 2. The molecule has 2 heterocycles. The molecule has 7 heteroatoms. The van der Waals surface area contributed by atoms with Crippen LogP contribution in [0, 0.1) is 13.8 Å². The molecule has 1 amide bonds. The maximum Gasteiger partial charge on any atom is 0.262 e. The van der Waals surface area contributed by atoms with Crippen LogP contribution in [0.1, 0.15) is 43.6 Å². The van der Waals surface area contributed by atoms with Gasteiger partial charge in [0.2, 0.25) is 0 Å². The van der Waals surface area contributed by atoms with Crippen molar-refractivity contribution in [2.75, 3.05) is 18.5 Å². The van der Waals surface area contributed by atoms with Gasteiger partial charge in [0.15, 0.2) is 5.67 Å². The molecule has 6 nitrogen and oxygen atoms in total. The highest BCUT2D eigenvalue weighted by Gasteiger charge is 2.50. The molecule has 2 aromatic rings. The fourth-order valence-corrected chi connectivity index (χ4v) is 3.63. The number of carbonyl (C=O) groups is 1. The molecule has 150 valence electrons. The lowest BCUT2D eigenvalue weighted by molar-refractivity contribution is -0.122. The number of nitrogens with zero attached hydrogens (tertiary/aromatic N) is 1. The lowest BCUT2D eigenvalue weighted by Crippen LogP contribution is -2.38. The van der Waals surface area contributed by atoms with Crippen LogP contribution in [0.2, 0.25) is 0 Å². The predicted molar refractivity (Wildman–Crippen MR) is 104 cm³/mol. The van der Waals surface area contributed by atoms with Crippen LogP contribution in [0.25, 0.3) is 11.1 Å². The summed E-state index contributed by atoms with van der Waals surface area (Å²) in [6, 6.07) is 5.69. The number of rotatable bonds is 6. The molecule has 1 aliphatic carbocycles. The average Bonchev–Trinajstić information content (AvgIpc) is 3.37. The summed E-state index contributed by atoms with van der Waals surface area (Å²) in [4.78, 5) is 12.1. The van der Waals surface area contributed by atoms with Gasteiger partial charge in [0, 0.05) is 17.3 Å². The maximum atomic E-state index is 14.0. The largest absolute Gasteiger partial charge is 0.491 e. The first kappa shape index (κ1) is 18.9. The SMILES string of the molecule is Cc1noc(C)c1-c1cc(NC(=O)C2(F)CC2)ccc1OCC1CCCCN1. The van der Waals surface area contributed by atoms with Crippen molar-refractivity contribution in [3.63, 3.8) is 0 Å². The Morgan fingerprint density at radius 1 is 1.39 bits per heavy atom. The molecule has 1 saturated carbocycles. The van der Waals surface area contributed by atoms with E-state index in [0.717, 1.165) is 29.8 Å². The molecule has 1 aliphatic heterocycles. The number of ether oxygens (including phenoxy) is 1. The minimum absolute atomic E-state index is 0.283. The molecular formula is C21H26FN3O3. The van der Waals surface area contributed by atoms with Gasteiger partial charge in [0.25, 0.3) is 5.91 Å². The predicted octanol–water partition coefficient (Wildman–Crippen LogP) is 3.92. The molecule has 1 saturated heterocycles. The van der Waals surface area contributed by atoms with E-state index in [2.05, 4.69) is 15.8 Å².